The third kappa shape index (κ3) is 4.20. The number of hydrogen-bond acceptors (Lipinski definition) is 4. The molecule has 0 bridgehead atoms. The van der Waals surface area contributed by atoms with Gasteiger partial charge in [0.05, 0.1) is 13.2 Å². The van der Waals surface area contributed by atoms with Crippen molar-refractivity contribution in [3.63, 3.8) is 0 Å². The van der Waals surface area contributed by atoms with Crippen molar-refractivity contribution in [2.45, 2.75) is 39.5 Å². The lowest BCUT2D eigenvalue weighted by atomic mass is 10.1. The Morgan fingerprint density at radius 3 is 2.39 bits per heavy atom. The van der Waals surface area contributed by atoms with E-state index < -0.39 is 0 Å². The summed E-state index contributed by atoms with van der Waals surface area (Å²) in [6.07, 6.45) is -0.362. The first-order chi connectivity index (χ1) is 8.43. The first-order valence-electron chi connectivity index (χ1n) is 6.22. The Bertz CT molecular complexity index is 377. The molecule has 0 radical (unpaired) electrons. The molecule has 1 atom stereocenters. The molecular formula is C14H23NO3. The third-order valence-electron chi connectivity index (χ3n) is 2.86. The fourth-order valence-electron chi connectivity index (χ4n) is 1.87. The standard InChI is InChI=1S/C14H23NO3/c1-10(2)15(8-11(3)16)9-12-5-6-14(18-4)13(17)7-12/h5-7,10-11,16-17H,8-9H2,1-4H3. The van der Waals surface area contributed by atoms with Gasteiger partial charge >= 0.3 is 0 Å². The maximum atomic E-state index is 9.73. The van der Waals surface area contributed by atoms with Crippen LogP contribution in [0.25, 0.3) is 0 Å². The topological polar surface area (TPSA) is 52.9 Å². The van der Waals surface area contributed by atoms with Gasteiger partial charge in [-0.25, -0.2) is 0 Å². The van der Waals surface area contributed by atoms with Crippen LogP contribution >= 0.6 is 0 Å². The van der Waals surface area contributed by atoms with Crippen LogP contribution in [0.15, 0.2) is 18.2 Å². The highest BCUT2D eigenvalue weighted by Gasteiger charge is 2.13. The van der Waals surface area contributed by atoms with Gasteiger partial charge in [0.1, 0.15) is 0 Å². The zero-order chi connectivity index (χ0) is 13.7. The van der Waals surface area contributed by atoms with E-state index in [-0.39, 0.29) is 11.9 Å². The van der Waals surface area contributed by atoms with Gasteiger partial charge in [0.25, 0.3) is 0 Å². The molecule has 2 N–H and O–H groups in total. The molecule has 0 heterocycles. The summed E-state index contributed by atoms with van der Waals surface area (Å²) in [5, 5.41) is 19.2. The molecule has 0 aliphatic carbocycles. The molecular weight excluding hydrogens is 230 g/mol. The van der Waals surface area contributed by atoms with Crippen molar-refractivity contribution in [1.82, 2.24) is 4.90 Å². The van der Waals surface area contributed by atoms with Crippen LogP contribution in [0.2, 0.25) is 0 Å². The third-order valence-corrected chi connectivity index (χ3v) is 2.86. The van der Waals surface area contributed by atoms with Crippen LogP contribution in [0.3, 0.4) is 0 Å². The van der Waals surface area contributed by atoms with Crippen molar-refractivity contribution >= 4 is 0 Å². The summed E-state index contributed by atoms with van der Waals surface area (Å²) in [5.74, 6) is 0.626. The Labute approximate surface area is 109 Å². The molecule has 0 saturated carbocycles. The molecule has 0 fully saturated rings. The molecule has 18 heavy (non-hydrogen) atoms. The number of hydrogen-bond donors (Lipinski definition) is 2. The Hall–Kier alpha value is -1.26. The smallest absolute Gasteiger partial charge is 0.160 e. The van der Waals surface area contributed by atoms with Gasteiger partial charge in [-0.05, 0) is 38.5 Å². The van der Waals surface area contributed by atoms with Crippen molar-refractivity contribution in [1.29, 1.82) is 0 Å². The molecule has 4 nitrogen and oxygen atoms in total. The number of methoxy groups -OCH3 is 1. The van der Waals surface area contributed by atoms with E-state index in [0.29, 0.717) is 24.9 Å². The van der Waals surface area contributed by atoms with Gasteiger partial charge in [-0.2, -0.15) is 0 Å². The van der Waals surface area contributed by atoms with Crippen molar-refractivity contribution in [3.8, 4) is 11.5 Å². The van der Waals surface area contributed by atoms with Gasteiger partial charge in [-0.15, -0.1) is 0 Å². The van der Waals surface area contributed by atoms with Crippen molar-refractivity contribution < 1.29 is 14.9 Å². The van der Waals surface area contributed by atoms with E-state index in [4.69, 9.17) is 4.74 Å². The van der Waals surface area contributed by atoms with Gasteiger partial charge in [-0.3, -0.25) is 4.90 Å². The van der Waals surface area contributed by atoms with Gasteiger partial charge < -0.3 is 14.9 Å². The quantitative estimate of drug-likeness (QED) is 0.814. The SMILES string of the molecule is COc1ccc(CN(CC(C)O)C(C)C)cc1O. The van der Waals surface area contributed by atoms with Crippen LogP contribution in [0.1, 0.15) is 26.3 Å². The van der Waals surface area contributed by atoms with E-state index in [1.54, 1.807) is 19.1 Å². The Morgan fingerprint density at radius 1 is 1.28 bits per heavy atom. The second kappa shape index (κ2) is 6.61. The van der Waals surface area contributed by atoms with E-state index in [0.717, 1.165) is 5.56 Å². The summed E-state index contributed by atoms with van der Waals surface area (Å²) in [5.41, 5.74) is 1.00. The van der Waals surface area contributed by atoms with Crippen molar-refractivity contribution in [2.24, 2.45) is 0 Å². The maximum absolute atomic E-state index is 9.73. The number of aliphatic hydroxyl groups excluding tert-OH is 1. The normalized spacial score (nSPS) is 13.1. The maximum Gasteiger partial charge on any atom is 0.160 e. The number of ether oxygens (including phenoxy) is 1. The highest BCUT2D eigenvalue weighted by Crippen LogP contribution is 2.27. The van der Waals surface area contributed by atoms with E-state index in [9.17, 15) is 10.2 Å². The Kier molecular flexibility index (Phi) is 5.44. The number of rotatable bonds is 6. The number of aromatic hydroxyl groups is 1. The van der Waals surface area contributed by atoms with E-state index in [1.165, 1.54) is 7.11 Å². The number of phenolic OH excluding ortho intramolecular Hbond substituents is 1. The van der Waals surface area contributed by atoms with Crippen LogP contribution in [-0.2, 0) is 6.54 Å². The predicted molar refractivity (Wildman–Crippen MR) is 71.9 cm³/mol. The monoisotopic (exact) mass is 253 g/mol. The number of phenols is 1. The lowest BCUT2D eigenvalue weighted by molar-refractivity contribution is 0.103. The molecule has 0 aliphatic heterocycles. The predicted octanol–water partition coefficient (Wildman–Crippen LogP) is 1.99. The number of benzene rings is 1. The van der Waals surface area contributed by atoms with Crippen LogP contribution < -0.4 is 4.74 Å². The van der Waals surface area contributed by atoms with E-state index in [2.05, 4.69) is 18.7 Å². The van der Waals surface area contributed by atoms with Gasteiger partial charge in [0.15, 0.2) is 11.5 Å². The number of aliphatic hydroxyl groups is 1. The first kappa shape index (κ1) is 14.8. The lowest BCUT2D eigenvalue weighted by Gasteiger charge is -2.27. The van der Waals surface area contributed by atoms with Gasteiger partial charge in [0, 0.05) is 19.1 Å². The summed E-state index contributed by atoms with van der Waals surface area (Å²) in [6, 6.07) is 5.72. The summed E-state index contributed by atoms with van der Waals surface area (Å²) >= 11 is 0. The molecule has 0 aromatic heterocycles. The fraction of sp³-hybridized carbons (Fsp3) is 0.571. The fourth-order valence-corrected chi connectivity index (χ4v) is 1.87. The molecule has 0 aliphatic rings. The molecule has 1 aromatic rings. The molecule has 1 unspecified atom stereocenters. The van der Waals surface area contributed by atoms with Crippen LogP contribution in [0.4, 0.5) is 0 Å². The summed E-state index contributed by atoms with van der Waals surface area (Å²) < 4.78 is 5.01. The lowest BCUT2D eigenvalue weighted by Crippen LogP contribution is -2.36. The molecule has 4 heteroatoms. The minimum absolute atomic E-state index is 0.149. The molecule has 0 amide bonds. The minimum Gasteiger partial charge on any atom is -0.504 e. The average molecular weight is 253 g/mol. The molecule has 0 spiro atoms. The largest absolute Gasteiger partial charge is 0.504 e. The van der Waals surface area contributed by atoms with Crippen LogP contribution in [0, 0.1) is 0 Å². The summed E-state index contributed by atoms with van der Waals surface area (Å²) in [7, 11) is 1.53. The highest BCUT2D eigenvalue weighted by molar-refractivity contribution is 5.41. The summed E-state index contributed by atoms with van der Waals surface area (Å²) in [4.78, 5) is 2.16. The van der Waals surface area contributed by atoms with Gasteiger partial charge in [0.2, 0.25) is 0 Å². The molecule has 102 valence electrons. The first-order valence-corrected chi connectivity index (χ1v) is 6.22. The van der Waals surface area contributed by atoms with Crippen molar-refractivity contribution in [2.75, 3.05) is 13.7 Å². The number of nitrogens with zero attached hydrogens (tertiary/aromatic N) is 1. The minimum atomic E-state index is -0.362. The zero-order valence-corrected chi connectivity index (χ0v) is 11.6. The van der Waals surface area contributed by atoms with Crippen molar-refractivity contribution in [3.05, 3.63) is 23.8 Å². The molecule has 0 saturated heterocycles. The highest BCUT2D eigenvalue weighted by atomic mass is 16.5. The summed E-state index contributed by atoms with van der Waals surface area (Å²) in [6.45, 7) is 7.27. The molecule has 1 rings (SSSR count). The average Bonchev–Trinajstić information content (AvgIpc) is 2.27. The Balaban J connectivity index is 2.77. The Morgan fingerprint density at radius 2 is 1.94 bits per heavy atom. The van der Waals surface area contributed by atoms with E-state index >= 15 is 0 Å². The second-order valence-corrected chi connectivity index (χ2v) is 4.88. The zero-order valence-electron chi connectivity index (χ0n) is 11.6. The second-order valence-electron chi connectivity index (χ2n) is 4.88. The van der Waals surface area contributed by atoms with Crippen LogP contribution in [0.5, 0.6) is 11.5 Å². The van der Waals surface area contributed by atoms with E-state index in [1.807, 2.05) is 6.07 Å². The van der Waals surface area contributed by atoms with Gasteiger partial charge in [-0.1, -0.05) is 6.07 Å². The molecule has 1 aromatic carbocycles. The van der Waals surface area contributed by atoms with Crippen LogP contribution in [-0.4, -0.2) is 40.9 Å².